The molecular formula is C17H15N3O2S2. The molecule has 0 atom stereocenters. The van der Waals surface area contributed by atoms with Crippen molar-refractivity contribution in [1.82, 2.24) is 4.98 Å². The number of anilines is 1. The maximum absolute atomic E-state index is 12.6. The quantitative estimate of drug-likeness (QED) is 0.751. The molecule has 0 radical (unpaired) electrons. The number of thiazole rings is 1. The second kappa shape index (κ2) is 5.99. The standard InChI is InChI=1S/C17H15N3O2S2/c18-15(21)14-10-3-1-2-4-12(10)24-17(14)20-16(22)9-5-6-13-11(7-9)19-8-23-13/h5-8H,1-4H2,(H2,18,21)(H,20,22). The lowest BCUT2D eigenvalue weighted by Crippen LogP contribution is -2.18. The number of hydrogen-bond acceptors (Lipinski definition) is 5. The van der Waals surface area contributed by atoms with Gasteiger partial charge in [0.15, 0.2) is 0 Å². The summed E-state index contributed by atoms with van der Waals surface area (Å²) < 4.78 is 1.04. The topological polar surface area (TPSA) is 85.1 Å². The molecule has 4 rings (SSSR count). The summed E-state index contributed by atoms with van der Waals surface area (Å²) in [4.78, 5) is 29.9. The van der Waals surface area contributed by atoms with Crippen molar-refractivity contribution in [3.63, 3.8) is 0 Å². The summed E-state index contributed by atoms with van der Waals surface area (Å²) in [6, 6.07) is 5.42. The molecule has 2 aromatic heterocycles. The van der Waals surface area contributed by atoms with Gasteiger partial charge in [-0.2, -0.15) is 0 Å². The molecule has 5 nitrogen and oxygen atoms in total. The first-order valence-corrected chi connectivity index (χ1v) is 9.42. The molecule has 1 aliphatic rings. The summed E-state index contributed by atoms with van der Waals surface area (Å²) in [5.41, 5.74) is 10.1. The molecule has 2 heterocycles. The third-order valence-corrected chi connectivity index (χ3v) is 6.25. The van der Waals surface area contributed by atoms with Crippen LogP contribution in [-0.2, 0) is 12.8 Å². The zero-order chi connectivity index (χ0) is 16.7. The van der Waals surface area contributed by atoms with Gasteiger partial charge in [0, 0.05) is 10.4 Å². The molecule has 0 unspecified atom stereocenters. The zero-order valence-electron chi connectivity index (χ0n) is 12.8. The van der Waals surface area contributed by atoms with E-state index in [9.17, 15) is 9.59 Å². The maximum atomic E-state index is 12.6. The fourth-order valence-corrected chi connectivity index (χ4v) is 5.04. The monoisotopic (exact) mass is 357 g/mol. The fraction of sp³-hybridized carbons (Fsp3) is 0.235. The summed E-state index contributed by atoms with van der Waals surface area (Å²) in [5.74, 6) is -0.717. The van der Waals surface area contributed by atoms with Crippen LogP contribution in [0.3, 0.4) is 0 Å². The van der Waals surface area contributed by atoms with Crippen LogP contribution < -0.4 is 11.1 Å². The number of nitrogens with two attached hydrogens (primary N) is 1. The van der Waals surface area contributed by atoms with Crippen molar-refractivity contribution in [1.29, 1.82) is 0 Å². The Hall–Kier alpha value is -2.25. The minimum absolute atomic E-state index is 0.244. The van der Waals surface area contributed by atoms with E-state index < -0.39 is 5.91 Å². The van der Waals surface area contributed by atoms with Crippen LogP contribution in [0.4, 0.5) is 5.00 Å². The van der Waals surface area contributed by atoms with Gasteiger partial charge >= 0.3 is 0 Å². The second-order valence-electron chi connectivity index (χ2n) is 5.77. The predicted octanol–water partition coefficient (Wildman–Crippen LogP) is 3.59. The van der Waals surface area contributed by atoms with E-state index in [1.54, 1.807) is 17.6 Å². The molecule has 122 valence electrons. The van der Waals surface area contributed by atoms with Gasteiger partial charge in [-0.3, -0.25) is 9.59 Å². The van der Waals surface area contributed by atoms with E-state index in [1.165, 1.54) is 27.6 Å². The molecule has 7 heteroatoms. The van der Waals surface area contributed by atoms with E-state index in [1.807, 2.05) is 6.07 Å². The lowest BCUT2D eigenvalue weighted by Gasteiger charge is -2.11. The normalized spacial score (nSPS) is 13.7. The molecule has 0 spiro atoms. The van der Waals surface area contributed by atoms with Gasteiger partial charge in [0.05, 0.1) is 21.3 Å². The molecule has 0 fully saturated rings. The molecule has 1 aromatic carbocycles. The van der Waals surface area contributed by atoms with Gasteiger partial charge in [0.25, 0.3) is 11.8 Å². The number of carbonyl (C=O) groups excluding carboxylic acids is 2. The minimum atomic E-state index is -0.473. The molecule has 0 saturated carbocycles. The van der Waals surface area contributed by atoms with Crippen LogP contribution in [0.15, 0.2) is 23.7 Å². The summed E-state index contributed by atoms with van der Waals surface area (Å²) in [5, 5.41) is 3.44. The van der Waals surface area contributed by atoms with E-state index >= 15 is 0 Å². The third-order valence-electron chi connectivity index (χ3n) is 4.24. The summed E-state index contributed by atoms with van der Waals surface area (Å²) in [7, 11) is 0. The number of rotatable bonds is 3. The fourth-order valence-electron chi connectivity index (χ4n) is 3.09. The highest BCUT2D eigenvalue weighted by Crippen LogP contribution is 2.38. The first-order chi connectivity index (χ1) is 11.6. The first-order valence-electron chi connectivity index (χ1n) is 7.72. The number of nitrogens with one attached hydrogen (secondary N) is 1. The number of benzene rings is 1. The SMILES string of the molecule is NC(=O)c1c(NC(=O)c2ccc3scnc3c2)sc2c1CCCC2. The number of fused-ring (bicyclic) bond motifs is 2. The minimum Gasteiger partial charge on any atom is -0.365 e. The smallest absolute Gasteiger partial charge is 0.256 e. The van der Waals surface area contributed by atoms with Crippen LogP contribution >= 0.6 is 22.7 Å². The highest BCUT2D eigenvalue weighted by molar-refractivity contribution is 7.17. The van der Waals surface area contributed by atoms with Crippen LogP contribution in [0.25, 0.3) is 10.2 Å². The Kier molecular flexibility index (Phi) is 3.82. The van der Waals surface area contributed by atoms with Gasteiger partial charge in [-0.25, -0.2) is 4.98 Å². The van der Waals surface area contributed by atoms with E-state index in [4.69, 9.17) is 5.73 Å². The molecule has 0 aliphatic heterocycles. The van der Waals surface area contributed by atoms with Crippen LogP contribution in [0.5, 0.6) is 0 Å². The van der Waals surface area contributed by atoms with Crippen LogP contribution in [-0.4, -0.2) is 16.8 Å². The lowest BCUT2D eigenvalue weighted by atomic mass is 9.95. The Morgan fingerprint density at radius 3 is 2.88 bits per heavy atom. The van der Waals surface area contributed by atoms with Crippen LogP contribution in [0.2, 0.25) is 0 Å². The van der Waals surface area contributed by atoms with Crippen molar-refractivity contribution in [2.45, 2.75) is 25.7 Å². The predicted molar refractivity (Wildman–Crippen MR) is 97.1 cm³/mol. The van der Waals surface area contributed by atoms with Crippen molar-refractivity contribution in [2.24, 2.45) is 5.73 Å². The van der Waals surface area contributed by atoms with Gasteiger partial charge in [-0.15, -0.1) is 22.7 Å². The molecule has 1 aliphatic carbocycles. The molecular weight excluding hydrogens is 342 g/mol. The molecule has 24 heavy (non-hydrogen) atoms. The average Bonchev–Trinajstić information content (AvgIpc) is 3.17. The largest absolute Gasteiger partial charge is 0.365 e. The summed E-state index contributed by atoms with van der Waals surface area (Å²) in [6.07, 6.45) is 3.96. The first kappa shape index (κ1) is 15.3. The molecule has 0 saturated heterocycles. The Labute approximate surface area is 146 Å². The van der Waals surface area contributed by atoms with Gasteiger partial charge in [-0.1, -0.05) is 0 Å². The lowest BCUT2D eigenvalue weighted by molar-refractivity contribution is 0.100. The average molecular weight is 357 g/mol. The number of aryl methyl sites for hydroxylation is 1. The highest BCUT2D eigenvalue weighted by atomic mass is 32.1. The number of thiophene rings is 1. The highest BCUT2D eigenvalue weighted by Gasteiger charge is 2.25. The summed E-state index contributed by atoms with van der Waals surface area (Å²) >= 11 is 3.01. The number of aromatic nitrogens is 1. The van der Waals surface area contributed by atoms with E-state index in [0.29, 0.717) is 16.1 Å². The van der Waals surface area contributed by atoms with Crippen LogP contribution in [0.1, 0.15) is 44.0 Å². The number of carbonyl (C=O) groups is 2. The van der Waals surface area contributed by atoms with E-state index in [0.717, 1.165) is 41.5 Å². The van der Waals surface area contributed by atoms with Crippen molar-refractivity contribution in [3.05, 3.63) is 45.3 Å². The van der Waals surface area contributed by atoms with E-state index in [-0.39, 0.29) is 5.91 Å². The van der Waals surface area contributed by atoms with Gasteiger partial charge < -0.3 is 11.1 Å². The van der Waals surface area contributed by atoms with Crippen molar-refractivity contribution < 1.29 is 9.59 Å². The van der Waals surface area contributed by atoms with Gasteiger partial charge in [0.2, 0.25) is 0 Å². The Balaban J connectivity index is 1.68. The van der Waals surface area contributed by atoms with Crippen molar-refractivity contribution in [3.8, 4) is 0 Å². The van der Waals surface area contributed by atoms with Crippen molar-refractivity contribution >= 4 is 49.7 Å². The second-order valence-corrected chi connectivity index (χ2v) is 7.76. The molecule has 0 bridgehead atoms. The molecule has 3 N–H and O–H groups in total. The molecule has 2 amide bonds. The summed E-state index contributed by atoms with van der Waals surface area (Å²) in [6.45, 7) is 0. The van der Waals surface area contributed by atoms with Crippen molar-refractivity contribution in [2.75, 3.05) is 5.32 Å². The van der Waals surface area contributed by atoms with E-state index in [2.05, 4.69) is 10.3 Å². The maximum Gasteiger partial charge on any atom is 0.256 e. The Morgan fingerprint density at radius 1 is 1.21 bits per heavy atom. The van der Waals surface area contributed by atoms with Gasteiger partial charge in [-0.05, 0) is 49.4 Å². The number of primary amides is 1. The number of hydrogen-bond donors (Lipinski definition) is 2. The zero-order valence-corrected chi connectivity index (χ0v) is 14.4. The Bertz CT molecular complexity index is 958. The molecule has 3 aromatic rings. The number of amides is 2. The third kappa shape index (κ3) is 2.59. The van der Waals surface area contributed by atoms with Gasteiger partial charge in [0.1, 0.15) is 5.00 Å². The Morgan fingerprint density at radius 2 is 2.04 bits per heavy atom. The van der Waals surface area contributed by atoms with Crippen LogP contribution in [0, 0.1) is 0 Å². The number of nitrogens with zero attached hydrogens (tertiary/aromatic N) is 1.